The van der Waals surface area contributed by atoms with Gasteiger partial charge >= 0.3 is 0 Å². The fraction of sp³-hybridized carbons (Fsp3) is 0.364. The summed E-state index contributed by atoms with van der Waals surface area (Å²) in [5, 5.41) is 12.1. The number of nitrogens with one attached hydrogen (secondary N) is 1. The molecule has 3 N–H and O–H groups in total. The minimum atomic E-state index is 0.197. The maximum absolute atomic E-state index is 8.75. The van der Waals surface area contributed by atoms with E-state index in [4.69, 9.17) is 11.0 Å². The third kappa shape index (κ3) is 1.64. The number of rotatable bonds is 2. The summed E-state index contributed by atoms with van der Waals surface area (Å²) >= 11 is 0. The van der Waals surface area contributed by atoms with Crippen molar-refractivity contribution in [3.8, 4) is 6.07 Å². The van der Waals surface area contributed by atoms with Crippen LogP contribution in [0, 0.1) is 11.3 Å². The Morgan fingerprint density at radius 3 is 2.79 bits per heavy atom. The summed E-state index contributed by atoms with van der Waals surface area (Å²) in [6.45, 7) is 2.16. The molecule has 0 heterocycles. The van der Waals surface area contributed by atoms with Gasteiger partial charge in [-0.3, -0.25) is 0 Å². The standard InChI is InChI=1S/C11H13N3/c1-11(4-5-11)14-10-6-8(7-12)2-3-9(10)13/h2-3,6,14H,4-5,13H2,1H3. The number of hydrogen-bond acceptors (Lipinski definition) is 3. The molecule has 1 aliphatic carbocycles. The van der Waals surface area contributed by atoms with Gasteiger partial charge in [-0.1, -0.05) is 0 Å². The van der Waals surface area contributed by atoms with E-state index in [0.29, 0.717) is 11.3 Å². The molecular formula is C11H13N3. The van der Waals surface area contributed by atoms with E-state index in [2.05, 4.69) is 18.3 Å². The fourth-order valence-corrected chi connectivity index (χ4v) is 1.37. The summed E-state index contributed by atoms with van der Waals surface area (Å²) in [7, 11) is 0. The Labute approximate surface area is 83.5 Å². The van der Waals surface area contributed by atoms with E-state index in [0.717, 1.165) is 5.69 Å². The van der Waals surface area contributed by atoms with Crippen LogP contribution in [0.15, 0.2) is 18.2 Å². The van der Waals surface area contributed by atoms with E-state index < -0.39 is 0 Å². The molecule has 0 amide bonds. The van der Waals surface area contributed by atoms with Gasteiger partial charge in [-0.15, -0.1) is 0 Å². The molecule has 1 aromatic carbocycles. The minimum Gasteiger partial charge on any atom is -0.397 e. The molecular weight excluding hydrogens is 174 g/mol. The van der Waals surface area contributed by atoms with Crippen LogP contribution in [0.1, 0.15) is 25.3 Å². The predicted molar refractivity (Wildman–Crippen MR) is 56.8 cm³/mol. The van der Waals surface area contributed by atoms with Gasteiger partial charge in [-0.25, -0.2) is 0 Å². The van der Waals surface area contributed by atoms with Crippen LogP contribution in [0.25, 0.3) is 0 Å². The fourth-order valence-electron chi connectivity index (χ4n) is 1.37. The van der Waals surface area contributed by atoms with Crippen molar-refractivity contribution in [1.82, 2.24) is 0 Å². The van der Waals surface area contributed by atoms with E-state index in [1.165, 1.54) is 12.8 Å². The van der Waals surface area contributed by atoms with Crippen LogP contribution >= 0.6 is 0 Å². The van der Waals surface area contributed by atoms with Crippen LogP contribution in [0.4, 0.5) is 11.4 Å². The lowest BCUT2D eigenvalue weighted by atomic mass is 10.1. The van der Waals surface area contributed by atoms with Gasteiger partial charge in [0.25, 0.3) is 0 Å². The Morgan fingerprint density at radius 1 is 1.50 bits per heavy atom. The van der Waals surface area contributed by atoms with Gasteiger partial charge in [-0.05, 0) is 38.0 Å². The first-order chi connectivity index (χ1) is 6.63. The molecule has 0 aliphatic heterocycles. The SMILES string of the molecule is CC1(Nc2cc(C#N)ccc2N)CC1. The molecule has 14 heavy (non-hydrogen) atoms. The second-order valence-corrected chi connectivity index (χ2v) is 4.10. The van der Waals surface area contributed by atoms with Gasteiger partial charge in [-0.2, -0.15) is 5.26 Å². The van der Waals surface area contributed by atoms with Crippen LogP contribution in [-0.2, 0) is 0 Å². The number of nitriles is 1. The highest BCUT2D eigenvalue weighted by Gasteiger charge is 2.37. The molecule has 3 heteroatoms. The zero-order valence-electron chi connectivity index (χ0n) is 8.17. The van der Waals surface area contributed by atoms with Gasteiger partial charge in [0.1, 0.15) is 0 Å². The summed E-state index contributed by atoms with van der Waals surface area (Å²) in [5.74, 6) is 0. The first-order valence-electron chi connectivity index (χ1n) is 4.71. The summed E-state index contributed by atoms with van der Waals surface area (Å²) in [6.07, 6.45) is 2.34. The quantitative estimate of drug-likeness (QED) is 0.697. The molecule has 0 atom stereocenters. The number of nitrogens with two attached hydrogens (primary N) is 1. The zero-order valence-corrected chi connectivity index (χ0v) is 8.17. The number of nitrogen functional groups attached to an aromatic ring is 1. The van der Waals surface area contributed by atoms with Crippen molar-refractivity contribution in [2.75, 3.05) is 11.1 Å². The highest BCUT2D eigenvalue weighted by molar-refractivity contribution is 5.69. The molecule has 1 fully saturated rings. The summed E-state index contributed by atoms with van der Waals surface area (Å²) in [5.41, 5.74) is 8.23. The zero-order chi connectivity index (χ0) is 10.2. The van der Waals surface area contributed by atoms with E-state index in [-0.39, 0.29) is 5.54 Å². The number of benzene rings is 1. The van der Waals surface area contributed by atoms with Crippen molar-refractivity contribution >= 4 is 11.4 Å². The largest absolute Gasteiger partial charge is 0.397 e. The summed E-state index contributed by atoms with van der Waals surface area (Å²) in [6, 6.07) is 7.41. The summed E-state index contributed by atoms with van der Waals surface area (Å²) in [4.78, 5) is 0. The average Bonchev–Trinajstić information content (AvgIpc) is 2.88. The Morgan fingerprint density at radius 2 is 2.21 bits per heavy atom. The van der Waals surface area contributed by atoms with Crippen LogP contribution in [-0.4, -0.2) is 5.54 Å². The van der Waals surface area contributed by atoms with Gasteiger partial charge in [0.15, 0.2) is 0 Å². The van der Waals surface area contributed by atoms with Crippen molar-refractivity contribution in [2.24, 2.45) is 0 Å². The van der Waals surface area contributed by atoms with E-state index in [1.54, 1.807) is 18.2 Å². The van der Waals surface area contributed by atoms with Gasteiger partial charge in [0.2, 0.25) is 0 Å². The van der Waals surface area contributed by atoms with Crippen LogP contribution in [0.5, 0.6) is 0 Å². The topological polar surface area (TPSA) is 61.8 Å². The number of nitrogens with zero attached hydrogens (tertiary/aromatic N) is 1. The molecule has 0 unspecified atom stereocenters. The molecule has 0 radical (unpaired) electrons. The van der Waals surface area contributed by atoms with Crippen molar-refractivity contribution in [3.05, 3.63) is 23.8 Å². The smallest absolute Gasteiger partial charge is 0.0992 e. The van der Waals surface area contributed by atoms with Crippen LogP contribution in [0.2, 0.25) is 0 Å². The van der Waals surface area contributed by atoms with Gasteiger partial charge in [0, 0.05) is 5.54 Å². The maximum Gasteiger partial charge on any atom is 0.0992 e. The highest BCUT2D eigenvalue weighted by atomic mass is 15.0. The second-order valence-electron chi connectivity index (χ2n) is 4.10. The van der Waals surface area contributed by atoms with Gasteiger partial charge in [0.05, 0.1) is 23.0 Å². The molecule has 0 saturated heterocycles. The normalized spacial score (nSPS) is 17.1. The Balaban J connectivity index is 2.27. The molecule has 1 saturated carbocycles. The molecule has 2 rings (SSSR count). The Bertz CT molecular complexity index is 399. The van der Waals surface area contributed by atoms with Crippen molar-refractivity contribution in [3.63, 3.8) is 0 Å². The molecule has 0 spiro atoms. The first kappa shape index (κ1) is 8.89. The third-order valence-electron chi connectivity index (χ3n) is 2.62. The lowest BCUT2D eigenvalue weighted by Gasteiger charge is -2.15. The van der Waals surface area contributed by atoms with Crippen LogP contribution in [0.3, 0.4) is 0 Å². The van der Waals surface area contributed by atoms with E-state index in [9.17, 15) is 0 Å². The first-order valence-corrected chi connectivity index (χ1v) is 4.71. The molecule has 0 aromatic heterocycles. The van der Waals surface area contributed by atoms with Crippen LogP contribution < -0.4 is 11.1 Å². The molecule has 72 valence electrons. The lowest BCUT2D eigenvalue weighted by molar-refractivity contribution is 0.830. The molecule has 3 nitrogen and oxygen atoms in total. The molecule has 1 aromatic rings. The average molecular weight is 187 g/mol. The van der Waals surface area contributed by atoms with Crippen molar-refractivity contribution in [1.29, 1.82) is 5.26 Å². The number of hydrogen-bond donors (Lipinski definition) is 2. The van der Waals surface area contributed by atoms with Gasteiger partial charge < -0.3 is 11.1 Å². The van der Waals surface area contributed by atoms with E-state index >= 15 is 0 Å². The Hall–Kier alpha value is -1.69. The monoisotopic (exact) mass is 187 g/mol. The highest BCUT2D eigenvalue weighted by Crippen LogP contribution is 2.39. The minimum absolute atomic E-state index is 0.197. The third-order valence-corrected chi connectivity index (χ3v) is 2.62. The molecule has 1 aliphatic rings. The number of anilines is 2. The molecule has 0 bridgehead atoms. The lowest BCUT2D eigenvalue weighted by Crippen LogP contribution is -2.17. The van der Waals surface area contributed by atoms with E-state index in [1.807, 2.05) is 0 Å². The second kappa shape index (κ2) is 2.91. The summed E-state index contributed by atoms with van der Waals surface area (Å²) < 4.78 is 0. The predicted octanol–water partition coefficient (Wildman–Crippen LogP) is 2.10. The van der Waals surface area contributed by atoms with Crippen molar-refractivity contribution in [2.45, 2.75) is 25.3 Å². The van der Waals surface area contributed by atoms with Crippen molar-refractivity contribution < 1.29 is 0 Å². The maximum atomic E-state index is 8.75. The Kier molecular flexibility index (Phi) is 1.85.